The Morgan fingerprint density at radius 2 is 2.35 bits per heavy atom. The molecule has 2 atom stereocenters. The van der Waals surface area contributed by atoms with Gasteiger partial charge in [-0.15, -0.1) is 0 Å². The number of aliphatic hydroxyl groups is 1. The molecule has 1 saturated carbocycles. The van der Waals surface area contributed by atoms with E-state index in [1.54, 1.807) is 6.20 Å². The van der Waals surface area contributed by atoms with Crippen LogP contribution >= 0.6 is 11.6 Å². The number of hydrogen-bond acceptors (Lipinski definition) is 4. The van der Waals surface area contributed by atoms with E-state index < -0.39 is 0 Å². The summed E-state index contributed by atoms with van der Waals surface area (Å²) < 4.78 is 0. The fourth-order valence-electron chi connectivity index (χ4n) is 2.31. The molecule has 2 unspecified atom stereocenters. The summed E-state index contributed by atoms with van der Waals surface area (Å²) in [5.74, 6) is 0.663. The number of nitrogens with one attached hydrogen (secondary N) is 1. The third-order valence-electron chi connectivity index (χ3n) is 3.56. The third kappa shape index (κ3) is 3.07. The lowest BCUT2D eigenvalue weighted by Gasteiger charge is -2.38. The molecule has 0 saturated heterocycles. The van der Waals surface area contributed by atoms with Crippen LogP contribution in [-0.2, 0) is 0 Å². The van der Waals surface area contributed by atoms with Crippen molar-refractivity contribution in [3.8, 4) is 0 Å². The van der Waals surface area contributed by atoms with Crippen LogP contribution in [0.1, 0.15) is 32.6 Å². The van der Waals surface area contributed by atoms with Crippen molar-refractivity contribution in [3.63, 3.8) is 0 Å². The fourth-order valence-corrected chi connectivity index (χ4v) is 2.46. The highest BCUT2D eigenvalue weighted by molar-refractivity contribution is 6.29. The number of aliphatic hydroxyl groups excluding tert-OH is 1. The molecule has 0 aromatic carbocycles. The van der Waals surface area contributed by atoms with Crippen molar-refractivity contribution >= 4 is 17.4 Å². The Labute approximate surface area is 106 Å². The van der Waals surface area contributed by atoms with E-state index in [1.165, 1.54) is 12.6 Å². The average Bonchev–Trinajstić information content (AvgIpc) is 2.31. The van der Waals surface area contributed by atoms with Gasteiger partial charge in [-0.05, 0) is 12.8 Å². The van der Waals surface area contributed by atoms with Crippen LogP contribution < -0.4 is 5.32 Å². The monoisotopic (exact) mass is 255 g/mol. The molecule has 0 aliphatic heterocycles. The lowest BCUT2D eigenvalue weighted by Crippen LogP contribution is -2.41. The number of nitrogens with zero attached hydrogens (tertiary/aromatic N) is 2. The van der Waals surface area contributed by atoms with E-state index in [0.29, 0.717) is 17.5 Å². The van der Waals surface area contributed by atoms with E-state index >= 15 is 0 Å². The number of hydrogen-bond donors (Lipinski definition) is 2. The zero-order valence-corrected chi connectivity index (χ0v) is 10.7. The summed E-state index contributed by atoms with van der Waals surface area (Å²) in [4.78, 5) is 8.09. The summed E-state index contributed by atoms with van der Waals surface area (Å²) in [5, 5.41) is 13.6. The molecule has 0 bridgehead atoms. The first kappa shape index (κ1) is 12.6. The minimum Gasteiger partial charge on any atom is -0.392 e. The molecule has 1 fully saturated rings. The Morgan fingerprint density at radius 3 is 3.06 bits per heavy atom. The van der Waals surface area contributed by atoms with Gasteiger partial charge in [-0.2, -0.15) is 0 Å². The van der Waals surface area contributed by atoms with E-state index in [0.717, 1.165) is 19.3 Å². The van der Waals surface area contributed by atoms with Gasteiger partial charge in [0.25, 0.3) is 0 Å². The first-order valence-corrected chi connectivity index (χ1v) is 6.37. The molecule has 1 aromatic rings. The molecule has 5 heteroatoms. The zero-order valence-electron chi connectivity index (χ0n) is 9.99. The van der Waals surface area contributed by atoms with E-state index in [9.17, 15) is 5.11 Å². The van der Waals surface area contributed by atoms with Crippen LogP contribution in [0.15, 0.2) is 12.4 Å². The molecular weight excluding hydrogens is 238 g/mol. The average molecular weight is 256 g/mol. The van der Waals surface area contributed by atoms with E-state index in [4.69, 9.17) is 11.6 Å². The van der Waals surface area contributed by atoms with Crippen LogP contribution in [0.3, 0.4) is 0 Å². The number of rotatable bonds is 3. The van der Waals surface area contributed by atoms with Gasteiger partial charge < -0.3 is 10.4 Å². The fraction of sp³-hybridized carbons (Fsp3) is 0.667. The van der Waals surface area contributed by atoms with Crippen LogP contribution in [0.2, 0.25) is 5.15 Å². The van der Waals surface area contributed by atoms with Crippen LogP contribution in [0.25, 0.3) is 0 Å². The molecule has 17 heavy (non-hydrogen) atoms. The summed E-state index contributed by atoms with van der Waals surface area (Å²) in [6.07, 6.45) is 7.13. The van der Waals surface area contributed by atoms with Gasteiger partial charge in [0.15, 0.2) is 0 Å². The molecule has 4 nitrogen and oxygen atoms in total. The molecular formula is C12H18ClN3O. The van der Waals surface area contributed by atoms with Crippen LogP contribution in [0, 0.1) is 5.41 Å². The smallest absolute Gasteiger partial charge is 0.149 e. The second-order valence-corrected chi connectivity index (χ2v) is 5.38. The van der Waals surface area contributed by atoms with Gasteiger partial charge in [0.2, 0.25) is 0 Å². The van der Waals surface area contributed by atoms with Gasteiger partial charge in [0.05, 0.1) is 18.5 Å². The lowest BCUT2D eigenvalue weighted by atomic mass is 9.73. The van der Waals surface area contributed by atoms with Crippen LogP contribution in [-0.4, -0.2) is 27.7 Å². The number of aromatic nitrogens is 2. The van der Waals surface area contributed by atoms with Gasteiger partial charge in [0, 0.05) is 12.0 Å². The van der Waals surface area contributed by atoms with Crippen molar-refractivity contribution in [1.82, 2.24) is 9.97 Å². The molecule has 0 radical (unpaired) electrons. The topological polar surface area (TPSA) is 58.0 Å². The van der Waals surface area contributed by atoms with Crippen molar-refractivity contribution in [2.45, 2.75) is 38.7 Å². The van der Waals surface area contributed by atoms with Crippen LogP contribution in [0.4, 0.5) is 5.82 Å². The summed E-state index contributed by atoms with van der Waals surface area (Å²) in [5.41, 5.74) is -0.0811. The minimum absolute atomic E-state index is 0.0811. The van der Waals surface area contributed by atoms with Crippen molar-refractivity contribution in [2.75, 3.05) is 11.9 Å². The summed E-state index contributed by atoms with van der Waals surface area (Å²) in [7, 11) is 0. The second-order valence-electron chi connectivity index (χ2n) is 5.00. The molecule has 1 aromatic heterocycles. The maximum atomic E-state index is 10.1. The Hall–Kier alpha value is -0.870. The Balaban J connectivity index is 1.97. The van der Waals surface area contributed by atoms with Gasteiger partial charge in [-0.3, -0.25) is 4.98 Å². The molecule has 1 aliphatic carbocycles. The molecule has 1 heterocycles. The number of anilines is 1. The highest BCUT2D eigenvalue weighted by atomic mass is 35.5. The maximum absolute atomic E-state index is 10.1. The summed E-state index contributed by atoms with van der Waals surface area (Å²) in [6, 6.07) is 0. The van der Waals surface area contributed by atoms with Crippen molar-refractivity contribution < 1.29 is 5.11 Å². The Bertz CT molecular complexity index is 388. The lowest BCUT2D eigenvalue weighted by molar-refractivity contribution is 0.00958. The first-order valence-electron chi connectivity index (χ1n) is 6.00. The number of halogens is 1. The minimum atomic E-state index is -0.240. The molecule has 94 valence electrons. The predicted molar refractivity (Wildman–Crippen MR) is 68.1 cm³/mol. The van der Waals surface area contributed by atoms with Crippen LogP contribution in [0.5, 0.6) is 0 Å². The molecule has 2 N–H and O–H groups in total. The summed E-state index contributed by atoms with van der Waals surface area (Å²) >= 11 is 5.77. The van der Waals surface area contributed by atoms with Gasteiger partial charge in [0.1, 0.15) is 11.0 Å². The van der Waals surface area contributed by atoms with Gasteiger partial charge in [-0.1, -0.05) is 31.4 Å². The van der Waals surface area contributed by atoms with Gasteiger partial charge >= 0.3 is 0 Å². The largest absolute Gasteiger partial charge is 0.392 e. The normalized spacial score (nSPS) is 29.0. The quantitative estimate of drug-likeness (QED) is 0.871. The molecule has 0 amide bonds. The van der Waals surface area contributed by atoms with Crippen molar-refractivity contribution in [1.29, 1.82) is 0 Å². The first-order chi connectivity index (χ1) is 8.10. The highest BCUT2D eigenvalue weighted by Crippen LogP contribution is 2.36. The highest BCUT2D eigenvalue weighted by Gasteiger charge is 2.35. The molecule has 0 spiro atoms. The molecule has 2 rings (SSSR count). The third-order valence-corrected chi connectivity index (χ3v) is 3.74. The van der Waals surface area contributed by atoms with Crippen molar-refractivity contribution in [2.24, 2.45) is 5.41 Å². The van der Waals surface area contributed by atoms with E-state index in [-0.39, 0.29) is 11.5 Å². The zero-order chi connectivity index (χ0) is 12.3. The standard InChI is InChI=1S/C12H18ClN3O/c1-12(5-3-2-4-9(12)17)8-15-11-7-14-6-10(13)16-11/h6-7,9,17H,2-5,8H2,1H3,(H,15,16). The van der Waals surface area contributed by atoms with Crippen molar-refractivity contribution in [3.05, 3.63) is 17.5 Å². The second kappa shape index (κ2) is 5.19. The Kier molecular flexibility index (Phi) is 3.84. The molecule has 1 aliphatic rings. The SMILES string of the molecule is CC1(CNc2cncc(Cl)n2)CCCCC1O. The maximum Gasteiger partial charge on any atom is 0.149 e. The van der Waals surface area contributed by atoms with E-state index in [2.05, 4.69) is 22.2 Å². The summed E-state index contributed by atoms with van der Waals surface area (Å²) in [6.45, 7) is 2.81. The van der Waals surface area contributed by atoms with Gasteiger partial charge in [-0.25, -0.2) is 4.98 Å². The predicted octanol–water partition coefficient (Wildman–Crippen LogP) is 2.48. The van der Waals surface area contributed by atoms with E-state index in [1.807, 2.05) is 0 Å². The Morgan fingerprint density at radius 1 is 1.53 bits per heavy atom.